The number of hydrogen-bond acceptors (Lipinski definition) is 4. The van der Waals surface area contributed by atoms with Crippen LogP contribution < -0.4 is 14.2 Å². The summed E-state index contributed by atoms with van der Waals surface area (Å²) in [6.07, 6.45) is 0.747. The second kappa shape index (κ2) is 5.98. The van der Waals surface area contributed by atoms with E-state index < -0.39 is 10.0 Å². The number of methoxy groups -OCH3 is 1. The average Bonchev–Trinajstić information content (AvgIpc) is 3.01. The van der Waals surface area contributed by atoms with E-state index in [1.165, 1.54) is 0 Å². The molecule has 5 nitrogen and oxygen atoms in total. The molecular formula is C16H17NO4S. The standard InChI is InChI=1S/C16H17NO4S/c1-20-14-4-2-12(3-5-14)11-17-22(18,19)15-6-7-16-13(10-15)8-9-21-16/h2-7,10,17H,8-9,11H2,1H3. The minimum atomic E-state index is -3.53. The van der Waals surface area contributed by atoms with Gasteiger partial charge in [-0.05, 0) is 41.5 Å². The molecule has 0 amide bonds. The average molecular weight is 319 g/mol. The van der Waals surface area contributed by atoms with Crippen molar-refractivity contribution in [3.05, 3.63) is 53.6 Å². The van der Waals surface area contributed by atoms with Crippen LogP contribution in [0.2, 0.25) is 0 Å². The molecule has 6 heteroatoms. The maximum Gasteiger partial charge on any atom is 0.240 e. The van der Waals surface area contributed by atoms with Crippen LogP contribution in [0.4, 0.5) is 0 Å². The summed E-state index contributed by atoms with van der Waals surface area (Å²) in [5.41, 5.74) is 1.81. The van der Waals surface area contributed by atoms with E-state index in [1.54, 1.807) is 37.4 Å². The number of rotatable bonds is 5. The zero-order valence-corrected chi connectivity index (χ0v) is 13.0. The van der Waals surface area contributed by atoms with E-state index in [0.717, 1.165) is 29.0 Å². The SMILES string of the molecule is COc1ccc(CNS(=O)(=O)c2ccc3c(c2)CCO3)cc1. The maximum atomic E-state index is 12.4. The normalized spacial score (nSPS) is 13.5. The highest BCUT2D eigenvalue weighted by Gasteiger charge is 2.19. The fourth-order valence-electron chi connectivity index (χ4n) is 2.34. The lowest BCUT2D eigenvalue weighted by atomic mass is 10.2. The van der Waals surface area contributed by atoms with Gasteiger partial charge < -0.3 is 9.47 Å². The van der Waals surface area contributed by atoms with Crippen molar-refractivity contribution in [3.8, 4) is 11.5 Å². The first-order valence-electron chi connectivity index (χ1n) is 6.97. The van der Waals surface area contributed by atoms with Crippen molar-refractivity contribution in [1.29, 1.82) is 0 Å². The molecule has 0 saturated carbocycles. The molecule has 1 heterocycles. The Labute approximate surface area is 129 Å². The van der Waals surface area contributed by atoms with Gasteiger partial charge in [-0.2, -0.15) is 0 Å². The van der Waals surface area contributed by atoms with Crippen molar-refractivity contribution in [2.24, 2.45) is 0 Å². The van der Waals surface area contributed by atoms with Crippen molar-refractivity contribution >= 4 is 10.0 Å². The van der Waals surface area contributed by atoms with E-state index in [0.29, 0.717) is 6.61 Å². The lowest BCUT2D eigenvalue weighted by Crippen LogP contribution is -2.23. The molecule has 1 aliphatic heterocycles. The first kappa shape index (κ1) is 14.9. The highest BCUT2D eigenvalue weighted by Crippen LogP contribution is 2.27. The van der Waals surface area contributed by atoms with Crippen molar-refractivity contribution in [1.82, 2.24) is 4.72 Å². The van der Waals surface area contributed by atoms with E-state index >= 15 is 0 Å². The Kier molecular flexibility index (Phi) is 4.04. The Morgan fingerprint density at radius 2 is 1.95 bits per heavy atom. The Morgan fingerprint density at radius 1 is 1.18 bits per heavy atom. The number of sulfonamides is 1. The first-order valence-corrected chi connectivity index (χ1v) is 8.45. The van der Waals surface area contributed by atoms with Gasteiger partial charge in [0, 0.05) is 13.0 Å². The fraction of sp³-hybridized carbons (Fsp3) is 0.250. The third-order valence-corrected chi connectivity index (χ3v) is 5.00. The van der Waals surface area contributed by atoms with Crippen LogP contribution in [0.25, 0.3) is 0 Å². The van der Waals surface area contributed by atoms with Crippen molar-refractivity contribution in [2.75, 3.05) is 13.7 Å². The minimum absolute atomic E-state index is 0.236. The van der Waals surface area contributed by atoms with Crippen LogP contribution in [0.5, 0.6) is 11.5 Å². The molecule has 0 radical (unpaired) electrons. The van der Waals surface area contributed by atoms with Gasteiger partial charge in [0.05, 0.1) is 18.6 Å². The van der Waals surface area contributed by atoms with Crippen LogP contribution in [-0.2, 0) is 23.0 Å². The molecule has 1 N–H and O–H groups in total. The van der Waals surface area contributed by atoms with Gasteiger partial charge in [-0.3, -0.25) is 0 Å². The van der Waals surface area contributed by atoms with Gasteiger partial charge in [0.2, 0.25) is 10.0 Å². The molecule has 0 unspecified atom stereocenters. The van der Waals surface area contributed by atoms with Crippen LogP contribution in [0.1, 0.15) is 11.1 Å². The van der Waals surface area contributed by atoms with E-state index in [4.69, 9.17) is 9.47 Å². The monoisotopic (exact) mass is 319 g/mol. The quantitative estimate of drug-likeness (QED) is 0.917. The van der Waals surface area contributed by atoms with Crippen LogP contribution in [0, 0.1) is 0 Å². The summed E-state index contributed by atoms with van der Waals surface area (Å²) in [5.74, 6) is 1.51. The van der Waals surface area contributed by atoms with Crippen molar-refractivity contribution in [2.45, 2.75) is 17.9 Å². The van der Waals surface area contributed by atoms with Gasteiger partial charge in [0.1, 0.15) is 11.5 Å². The molecular weight excluding hydrogens is 302 g/mol. The Morgan fingerprint density at radius 3 is 2.68 bits per heavy atom. The van der Waals surface area contributed by atoms with E-state index in [-0.39, 0.29) is 11.4 Å². The molecule has 1 aliphatic rings. The molecule has 0 atom stereocenters. The van der Waals surface area contributed by atoms with Crippen LogP contribution >= 0.6 is 0 Å². The third-order valence-electron chi connectivity index (χ3n) is 3.60. The Hall–Kier alpha value is -2.05. The van der Waals surface area contributed by atoms with E-state index in [1.807, 2.05) is 12.1 Å². The number of ether oxygens (including phenoxy) is 2. The van der Waals surface area contributed by atoms with Crippen molar-refractivity contribution in [3.63, 3.8) is 0 Å². The number of fused-ring (bicyclic) bond motifs is 1. The third kappa shape index (κ3) is 3.08. The number of benzene rings is 2. The molecule has 2 aromatic carbocycles. The Bertz CT molecular complexity index is 769. The summed E-state index contributed by atoms with van der Waals surface area (Å²) >= 11 is 0. The van der Waals surface area contributed by atoms with Gasteiger partial charge in [0.25, 0.3) is 0 Å². The van der Waals surface area contributed by atoms with Gasteiger partial charge >= 0.3 is 0 Å². The lowest BCUT2D eigenvalue weighted by molar-refractivity contribution is 0.356. The zero-order valence-electron chi connectivity index (χ0n) is 12.2. The fourth-order valence-corrected chi connectivity index (χ4v) is 3.40. The summed E-state index contributed by atoms with van der Waals surface area (Å²) in [5, 5.41) is 0. The largest absolute Gasteiger partial charge is 0.497 e. The van der Waals surface area contributed by atoms with E-state index in [2.05, 4.69) is 4.72 Å². The van der Waals surface area contributed by atoms with Gasteiger partial charge in [0.15, 0.2) is 0 Å². The van der Waals surface area contributed by atoms with Gasteiger partial charge in [-0.15, -0.1) is 0 Å². The molecule has 22 heavy (non-hydrogen) atoms. The summed E-state index contributed by atoms with van der Waals surface area (Å²) in [7, 11) is -1.94. The summed E-state index contributed by atoms with van der Waals surface area (Å²) in [6, 6.07) is 12.2. The van der Waals surface area contributed by atoms with Crippen LogP contribution in [0.15, 0.2) is 47.4 Å². The minimum Gasteiger partial charge on any atom is -0.497 e. The molecule has 116 valence electrons. The predicted octanol–water partition coefficient (Wildman–Crippen LogP) is 2.11. The van der Waals surface area contributed by atoms with Crippen LogP contribution in [0.3, 0.4) is 0 Å². The topological polar surface area (TPSA) is 64.6 Å². The van der Waals surface area contributed by atoms with Crippen molar-refractivity contribution < 1.29 is 17.9 Å². The lowest BCUT2D eigenvalue weighted by Gasteiger charge is -2.08. The molecule has 0 fully saturated rings. The molecule has 0 bridgehead atoms. The summed E-state index contributed by atoms with van der Waals surface area (Å²) < 4.78 is 37.8. The highest BCUT2D eigenvalue weighted by molar-refractivity contribution is 7.89. The molecule has 0 aromatic heterocycles. The highest BCUT2D eigenvalue weighted by atomic mass is 32.2. The van der Waals surface area contributed by atoms with E-state index in [9.17, 15) is 8.42 Å². The number of hydrogen-bond donors (Lipinski definition) is 1. The molecule has 0 spiro atoms. The summed E-state index contributed by atoms with van der Waals surface area (Å²) in [4.78, 5) is 0.269. The number of nitrogens with one attached hydrogen (secondary N) is 1. The molecule has 0 aliphatic carbocycles. The van der Waals surface area contributed by atoms with Gasteiger partial charge in [-0.1, -0.05) is 12.1 Å². The maximum absolute atomic E-state index is 12.4. The molecule has 0 saturated heterocycles. The summed E-state index contributed by atoms with van der Waals surface area (Å²) in [6.45, 7) is 0.845. The Balaban J connectivity index is 1.73. The molecule has 3 rings (SSSR count). The van der Waals surface area contributed by atoms with Crippen LogP contribution in [-0.4, -0.2) is 22.1 Å². The first-order chi connectivity index (χ1) is 10.6. The second-order valence-corrected chi connectivity index (χ2v) is 6.81. The predicted molar refractivity (Wildman–Crippen MR) is 82.7 cm³/mol. The second-order valence-electron chi connectivity index (χ2n) is 5.04. The zero-order chi connectivity index (χ0) is 15.6. The van der Waals surface area contributed by atoms with Gasteiger partial charge in [-0.25, -0.2) is 13.1 Å². The smallest absolute Gasteiger partial charge is 0.240 e. The molecule has 2 aromatic rings.